The first-order valence-electron chi connectivity index (χ1n) is 7.77. The zero-order valence-electron chi connectivity index (χ0n) is 14.2. The van der Waals surface area contributed by atoms with Crippen LogP contribution in [-0.4, -0.2) is 28.8 Å². The van der Waals surface area contributed by atoms with E-state index in [2.05, 4.69) is 15.2 Å². The normalized spacial score (nSPS) is 10.4. The molecule has 132 valence electrons. The zero-order valence-corrected chi connectivity index (χ0v) is 14.2. The minimum atomic E-state index is -0.448. The van der Waals surface area contributed by atoms with Crippen LogP contribution in [0.1, 0.15) is 20.8 Å². The molecule has 2 aromatic carbocycles. The van der Waals surface area contributed by atoms with Crippen molar-refractivity contribution in [1.82, 2.24) is 9.78 Å². The Morgan fingerprint density at radius 2 is 1.73 bits per heavy atom. The number of nitrogens with one attached hydrogen (secondary N) is 1. The highest BCUT2D eigenvalue weighted by Crippen LogP contribution is 2.21. The van der Waals surface area contributed by atoms with Crippen molar-refractivity contribution < 1.29 is 18.7 Å². The first kappa shape index (κ1) is 17.3. The first-order valence-corrected chi connectivity index (χ1v) is 7.77. The number of carbonyl (C=O) groups is 2. The largest absolute Gasteiger partial charge is 0.465 e. The molecule has 0 aliphatic carbocycles. The summed E-state index contributed by atoms with van der Waals surface area (Å²) in [5, 5.41) is 6.92. The summed E-state index contributed by atoms with van der Waals surface area (Å²) in [5.41, 5.74) is 2.58. The summed E-state index contributed by atoms with van der Waals surface area (Å²) >= 11 is 0. The second-order valence-corrected chi connectivity index (χ2v) is 5.57. The summed E-state index contributed by atoms with van der Waals surface area (Å²) < 4.78 is 19.3. The van der Waals surface area contributed by atoms with Gasteiger partial charge in [-0.1, -0.05) is 0 Å². The number of nitrogens with zero attached hydrogens (tertiary/aromatic N) is 2. The molecular formula is C19H16FN3O3. The molecule has 3 rings (SSSR count). The molecule has 1 aromatic heterocycles. The molecule has 1 N–H and O–H groups in total. The Bertz CT molecular complexity index is 947. The number of hydrogen-bond donors (Lipinski definition) is 1. The van der Waals surface area contributed by atoms with Crippen molar-refractivity contribution in [3.05, 3.63) is 71.7 Å². The van der Waals surface area contributed by atoms with Crippen molar-refractivity contribution in [3.8, 4) is 11.3 Å². The fourth-order valence-electron chi connectivity index (χ4n) is 2.47. The van der Waals surface area contributed by atoms with E-state index in [1.165, 1.54) is 19.2 Å². The Labute approximate surface area is 149 Å². The third-order valence-electron chi connectivity index (χ3n) is 3.82. The van der Waals surface area contributed by atoms with Gasteiger partial charge in [0.25, 0.3) is 5.91 Å². The molecule has 0 saturated carbocycles. The van der Waals surface area contributed by atoms with Crippen LogP contribution >= 0.6 is 0 Å². The lowest BCUT2D eigenvalue weighted by atomic mass is 10.1. The van der Waals surface area contributed by atoms with E-state index in [1.54, 1.807) is 54.2 Å². The number of esters is 1. The average Bonchev–Trinajstić information content (AvgIpc) is 3.04. The summed E-state index contributed by atoms with van der Waals surface area (Å²) in [7, 11) is 3.01. The summed E-state index contributed by atoms with van der Waals surface area (Å²) in [6, 6.07) is 13.9. The number of aromatic nitrogens is 2. The molecule has 0 aliphatic rings. The molecule has 1 heterocycles. The number of hydrogen-bond acceptors (Lipinski definition) is 4. The van der Waals surface area contributed by atoms with Gasteiger partial charge in [-0.15, -0.1) is 0 Å². The van der Waals surface area contributed by atoms with Crippen molar-refractivity contribution in [2.45, 2.75) is 0 Å². The van der Waals surface area contributed by atoms with E-state index >= 15 is 0 Å². The summed E-state index contributed by atoms with van der Waals surface area (Å²) in [6.07, 6.45) is 0. The van der Waals surface area contributed by atoms with E-state index in [4.69, 9.17) is 0 Å². The van der Waals surface area contributed by atoms with Gasteiger partial charge in [0.1, 0.15) is 5.82 Å². The minimum absolute atomic E-state index is 0.226. The van der Waals surface area contributed by atoms with Gasteiger partial charge in [-0.2, -0.15) is 5.10 Å². The number of benzene rings is 2. The Hall–Kier alpha value is -3.48. The van der Waals surface area contributed by atoms with Crippen LogP contribution < -0.4 is 5.32 Å². The van der Waals surface area contributed by atoms with Crippen LogP contribution in [0.15, 0.2) is 54.6 Å². The lowest BCUT2D eigenvalue weighted by Gasteiger charge is -2.04. The Morgan fingerprint density at radius 3 is 2.35 bits per heavy atom. The van der Waals surface area contributed by atoms with Gasteiger partial charge in [0.15, 0.2) is 5.69 Å². The fourth-order valence-corrected chi connectivity index (χ4v) is 2.47. The number of carbonyl (C=O) groups excluding carboxylic acids is 2. The predicted molar refractivity (Wildman–Crippen MR) is 94.3 cm³/mol. The smallest absolute Gasteiger partial charge is 0.337 e. The molecule has 26 heavy (non-hydrogen) atoms. The Kier molecular flexibility index (Phi) is 4.79. The van der Waals surface area contributed by atoms with E-state index in [-0.39, 0.29) is 17.4 Å². The van der Waals surface area contributed by atoms with Crippen molar-refractivity contribution in [3.63, 3.8) is 0 Å². The quantitative estimate of drug-likeness (QED) is 0.731. The molecule has 0 saturated heterocycles. The molecule has 0 radical (unpaired) electrons. The van der Waals surface area contributed by atoms with Crippen LogP contribution in [0.4, 0.5) is 10.1 Å². The summed E-state index contributed by atoms with van der Waals surface area (Å²) in [4.78, 5) is 23.8. The van der Waals surface area contributed by atoms with Gasteiger partial charge in [-0.05, 0) is 60.2 Å². The second-order valence-electron chi connectivity index (χ2n) is 5.57. The van der Waals surface area contributed by atoms with E-state index < -0.39 is 5.97 Å². The topological polar surface area (TPSA) is 73.2 Å². The van der Waals surface area contributed by atoms with Crippen molar-refractivity contribution in [1.29, 1.82) is 0 Å². The van der Waals surface area contributed by atoms with Gasteiger partial charge in [-0.25, -0.2) is 9.18 Å². The molecule has 1 amide bonds. The zero-order chi connectivity index (χ0) is 18.7. The van der Waals surface area contributed by atoms with Gasteiger partial charge in [0, 0.05) is 12.7 Å². The maximum absolute atomic E-state index is 13.1. The van der Waals surface area contributed by atoms with Crippen molar-refractivity contribution in [2.24, 2.45) is 7.05 Å². The van der Waals surface area contributed by atoms with Crippen LogP contribution in [0.2, 0.25) is 0 Å². The SMILES string of the molecule is COC(=O)c1ccc(NC(=O)c2cc(-c3ccc(F)cc3)n(C)n2)cc1. The Balaban J connectivity index is 1.77. The number of rotatable bonds is 4. The molecule has 0 bridgehead atoms. The molecule has 3 aromatic rings. The maximum Gasteiger partial charge on any atom is 0.337 e. The number of amides is 1. The number of aryl methyl sites for hydroxylation is 1. The van der Waals surface area contributed by atoms with Crippen LogP contribution in [0.5, 0.6) is 0 Å². The van der Waals surface area contributed by atoms with Gasteiger partial charge in [-0.3, -0.25) is 9.48 Å². The highest BCUT2D eigenvalue weighted by molar-refractivity contribution is 6.03. The number of halogens is 1. The monoisotopic (exact) mass is 353 g/mol. The Morgan fingerprint density at radius 1 is 1.08 bits per heavy atom. The van der Waals surface area contributed by atoms with E-state index in [9.17, 15) is 14.0 Å². The molecule has 0 unspecified atom stereocenters. The van der Waals surface area contributed by atoms with Crippen LogP contribution in [0, 0.1) is 5.82 Å². The highest BCUT2D eigenvalue weighted by atomic mass is 19.1. The summed E-state index contributed by atoms with van der Waals surface area (Å²) in [6.45, 7) is 0. The van der Waals surface area contributed by atoms with Gasteiger partial charge < -0.3 is 10.1 Å². The molecule has 0 aliphatic heterocycles. The molecule has 7 heteroatoms. The predicted octanol–water partition coefficient (Wildman–Crippen LogP) is 3.27. The molecule has 0 spiro atoms. The van der Waals surface area contributed by atoms with Crippen LogP contribution in [-0.2, 0) is 11.8 Å². The lowest BCUT2D eigenvalue weighted by molar-refractivity contribution is 0.0600. The van der Waals surface area contributed by atoms with E-state index in [0.29, 0.717) is 16.9 Å². The second kappa shape index (κ2) is 7.18. The molecule has 6 nitrogen and oxygen atoms in total. The van der Waals surface area contributed by atoms with E-state index in [1.807, 2.05) is 0 Å². The standard InChI is InChI=1S/C19H16FN3O3/c1-23-17(12-3-7-14(20)8-4-12)11-16(22-23)18(24)21-15-9-5-13(6-10-15)19(25)26-2/h3-11H,1-2H3,(H,21,24). The van der Waals surface area contributed by atoms with Crippen molar-refractivity contribution >= 4 is 17.6 Å². The minimum Gasteiger partial charge on any atom is -0.465 e. The molecule has 0 atom stereocenters. The molecular weight excluding hydrogens is 337 g/mol. The molecule has 0 fully saturated rings. The lowest BCUT2D eigenvalue weighted by Crippen LogP contribution is -2.13. The van der Waals surface area contributed by atoms with Crippen LogP contribution in [0.3, 0.4) is 0 Å². The maximum atomic E-state index is 13.1. The first-order chi connectivity index (χ1) is 12.5. The fraction of sp³-hybridized carbons (Fsp3) is 0.105. The average molecular weight is 353 g/mol. The number of methoxy groups -OCH3 is 1. The van der Waals surface area contributed by atoms with E-state index in [0.717, 1.165) is 5.56 Å². The summed E-state index contributed by atoms with van der Waals surface area (Å²) in [5.74, 6) is -1.17. The highest BCUT2D eigenvalue weighted by Gasteiger charge is 2.14. The van der Waals surface area contributed by atoms with Gasteiger partial charge >= 0.3 is 5.97 Å². The van der Waals surface area contributed by atoms with Gasteiger partial charge in [0.05, 0.1) is 18.4 Å². The number of ether oxygens (including phenoxy) is 1. The number of anilines is 1. The van der Waals surface area contributed by atoms with Gasteiger partial charge in [0.2, 0.25) is 0 Å². The van der Waals surface area contributed by atoms with Crippen LogP contribution in [0.25, 0.3) is 11.3 Å². The third kappa shape index (κ3) is 3.61. The third-order valence-corrected chi connectivity index (χ3v) is 3.82. The van der Waals surface area contributed by atoms with Crippen molar-refractivity contribution in [2.75, 3.05) is 12.4 Å².